The minimum atomic E-state index is 0.131. The molecule has 0 heterocycles. The van der Waals surface area contributed by atoms with E-state index in [0.29, 0.717) is 16.7 Å². The Morgan fingerprint density at radius 3 is 2.46 bits per heavy atom. The van der Waals surface area contributed by atoms with Crippen molar-refractivity contribution in [2.75, 3.05) is 0 Å². The summed E-state index contributed by atoms with van der Waals surface area (Å²) in [5.74, 6) is 0.555. The first-order chi connectivity index (χ1) is 6.01. The second-order valence-corrected chi connectivity index (χ2v) is 5.37. The highest BCUT2D eigenvalue weighted by molar-refractivity contribution is 5.39. The van der Waals surface area contributed by atoms with E-state index in [1.165, 1.54) is 12.8 Å². The third-order valence-electron chi connectivity index (χ3n) is 4.79. The Labute approximate surface area is 79.7 Å². The van der Waals surface area contributed by atoms with E-state index in [0.717, 1.165) is 6.42 Å². The van der Waals surface area contributed by atoms with Crippen LogP contribution in [0, 0.1) is 16.7 Å². The first-order valence-electron chi connectivity index (χ1n) is 5.04. The summed E-state index contributed by atoms with van der Waals surface area (Å²) in [6, 6.07) is 0. The molecule has 0 aromatic rings. The Hall–Kier alpha value is -0.530. The molecule has 0 aliphatic heterocycles. The van der Waals surface area contributed by atoms with Gasteiger partial charge in [-0.3, -0.25) is 0 Å². The van der Waals surface area contributed by atoms with Crippen LogP contribution >= 0.6 is 0 Å². The number of hydrogen-bond acceptors (Lipinski definition) is 2. The van der Waals surface area contributed by atoms with Crippen molar-refractivity contribution in [2.45, 2.75) is 46.1 Å². The van der Waals surface area contributed by atoms with Gasteiger partial charge in [-0.2, -0.15) is 0 Å². The molecule has 2 nitrogen and oxygen atoms in total. The molecule has 0 aromatic carbocycles. The molecule has 0 N–H and O–H groups in total. The van der Waals surface area contributed by atoms with Crippen molar-refractivity contribution in [1.82, 2.24) is 0 Å². The van der Waals surface area contributed by atoms with Crippen molar-refractivity contribution >= 4 is 6.47 Å². The quantitative estimate of drug-likeness (QED) is 0.653. The molecule has 2 rings (SSSR count). The minimum absolute atomic E-state index is 0.131. The Morgan fingerprint density at radius 2 is 2.08 bits per heavy atom. The Morgan fingerprint density at radius 1 is 1.38 bits per heavy atom. The maximum Gasteiger partial charge on any atom is 0.417 e. The average Bonchev–Trinajstić information content (AvgIpc) is 2.34. The highest BCUT2D eigenvalue weighted by Crippen LogP contribution is 2.65. The summed E-state index contributed by atoms with van der Waals surface area (Å²) in [4.78, 5) is 10.2. The van der Waals surface area contributed by atoms with Crippen molar-refractivity contribution in [3.8, 4) is 0 Å². The summed E-state index contributed by atoms with van der Waals surface area (Å²) in [6.07, 6.45) is 3.64. The van der Waals surface area contributed by atoms with E-state index in [2.05, 4.69) is 20.8 Å². The molecule has 0 spiro atoms. The number of hydrogen-bond donors (Lipinski definition) is 0. The van der Waals surface area contributed by atoms with Gasteiger partial charge in [0.05, 0.1) is 0 Å². The summed E-state index contributed by atoms with van der Waals surface area (Å²) < 4.78 is 5.03. The lowest BCUT2D eigenvalue weighted by atomic mass is 9.71. The van der Waals surface area contributed by atoms with Crippen LogP contribution in [-0.2, 0) is 9.53 Å². The molecule has 3 unspecified atom stereocenters. The molecule has 2 bridgehead atoms. The van der Waals surface area contributed by atoms with E-state index in [9.17, 15) is 4.79 Å². The summed E-state index contributed by atoms with van der Waals surface area (Å²) in [6.45, 7) is 8.53. The summed E-state index contributed by atoms with van der Waals surface area (Å²) >= 11 is 0. The molecule has 3 atom stereocenters. The lowest BCUT2D eigenvalue weighted by Gasteiger charge is -2.33. The fourth-order valence-corrected chi connectivity index (χ4v) is 3.39. The minimum Gasteiger partial charge on any atom is -0.454 e. The van der Waals surface area contributed by atoms with Gasteiger partial charge in [-0.15, -0.1) is 0 Å². The van der Waals surface area contributed by atoms with E-state index in [-0.39, 0.29) is 6.10 Å². The zero-order valence-corrected chi connectivity index (χ0v) is 8.59. The predicted octanol–water partition coefficient (Wildman–Crippen LogP) is 2.29. The smallest absolute Gasteiger partial charge is 0.417 e. The van der Waals surface area contributed by atoms with Gasteiger partial charge in [-0.25, -0.2) is 4.79 Å². The molecule has 0 saturated heterocycles. The van der Waals surface area contributed by atoms with E-state index < -0.39 is 0 Å². The maximum absolute atomic E-state index is 10.2. The predicted molar refractivity (Wildman–Crippen MR) is 49.8 cm³/mol. The van der Waals surface area contributed by atoms with Crippen molar-refractivity contribution in [3.63, 3.8) is 0 Å². The first kappa shape index (κ1) is 9.04. The highest BCUT2D eigenvalue weighted by atomic mass is 16.5. The summed E-state index contributed by atoms with van der Waals surface area (Å²) in [5.41, 5.74) is 0.702. The van der Waals surface area contributed by atoms with Crippen molar-refractivity contribution in [3.05, 3.63) is 0 Å². The standard InChI is InChI=1S/C11H17O2/c1-10(2)8-4-5-11(10,3)6-9(8)13-7-12/h8-9H,4-6H2,1-3H3. The van der Waals surface area contributed by atoms with Gasteiger partial charge >= 0.3 is 6.47 Å². The van der Waals surface area contributed by atoms with Crippen LogP contribution < -0.4 is 0 Å². The van der Waals surface area contributed by atoms with E-state index >= 15 is 0 Å². The van der Waals surface area contributed by atoms with Crippen molar-refractivity contribution < 1.29 is 9.53 Å². The van der Waals surface area contributed by atoms with Crippen LogP contribution in [0.3, 0.4) is 0 Å². The van der Waals surface area contributed by atoms with E-state index in [1.807, 2.05) is 0 Å². The van der Waals surface area contributed by atoms with Crippen LogP contribution in [0.25, 0.3) is 0 Å². The fraction of sp³-hybridized carbons (Fsp3) is 0.909. The molecule has 1 radical (unpaired) electrons. The normalized spacial score (nSPS) is 46.4. The van der Waals surface area contributed by atoms with Gasteiger partial charge < -0.3 is 4.74 Å². The van der Waals surface area contributed by atoms with Gasteiger partial charge in [0, 0.05) is 5.92 Å². The molecule has 2 aliphatic rings. The molecule has 2 fully saturated rings. The average molecular weight is 181 g/mol. The third-order valence-corrected chi connectivity index (χ3v) is 4.79. The van der Waals surface area contributed by atoms with Gasteiger partial charge in [-0.1, -0.05) is 20.8 Å². The highest BCUT2D eigenvalue weighted by Gasteiger charge is 2.61. The van der Waals surface area contributed by atoms with Gasteiger partial charge in [0.25, 0.3) is 0 Å². The van der Waals surface area contributed by atoms with Crippen LogP contribution in [0.1, 0.15) is 40.0 Å². The Bertz CT molecular complexity index is 231. The Balaban J connectivity index is 2.23. The summed E-state index contributed by atoms with van der Waals surface area (Å²) in [7, 11) is 0. The number of carbonyl (C=O) groups excluding carboxylic acids is 1. The fourth-order valence-electron chi connectivity index (χ4n) is 3.39. The monoisotopic (exact) mass is 181 g/mol. The van der Waals surface area contributed by atoms with Crippen LogP contribution in [0.4, 0.5) is 0 Å². The molecule has 2 saturated carbocycles. The molecule has 0 amide bonds. The van der Waals surface area contributed by atoms with Crippen LogP contribution in [-0.4, -0.2) is 12.6 Å². The number of ether oxygens (including phenoxy) is 1. The van der Waals surface area contributed by atoms with E-state index in [1.54, 1.807) is 6.47 Å². The van der Waals surface area contributed by atoms with Crippen molar-refractivity contribution in [2.24, 2.45) is 16.7 Å². The van der Waals surface area contributed by atoms with Gasteiger partial charge in [0.2, 0.25) is 0 Å². The molecule has 13 heavy (non-hydrogen) atoms. The second-order valence-electron chi connectivity index (χ2n) is 5.37. The molecule has 73 valence electrons. The number of fused-ring (bicyclic) bond motifs is 2. The second kappa shape index (κ2) is 2.49. The van der Waals surface area contributed by atoms with Gasteiger partial charge in [0.15, 0.2) is 0 Å². The van der Waals surface area contributed by atoms with Gasteiger partial charge in [-0.05, 0) is 30.1 Å². The lowest BCUT2D eigenvalue weighted by molar-refractivity contribution is 0.101. The molecular weight excluding hydrogens is 164 g/mol. The third kappa shape index (κ3) is 0.976. The first-order valence-corrected chi connectivity index (χ1v) is 5.04. The molecular formula is C11H17O2. The topological polar surface area (TPSA) is 26.3 Å². The number of rotatable bonds is 2. The van der Waals surface area contributed by atoms with Crippen LogP contribution in [0.5, 0.6) is 0 Å². The lowest BCUT2D eigenvalue weighted by Crippen LogP contribution is -2.27. The molecule has 2 aliphatic carbocycles. The molecule has 2 heteroatoms. The van der Waals surface area contributed by atoms with Gasteiger partial charge in [0.1, 0.15) is 6.10 Å². The Kier molecular flexibility index (Phi) is 1.73. The zero-order valence-electron chi connectivity index (χ0n) is 8.59. The summed E-state index contributed by atoms with van der Waals surface area (Å²) in [5, 5.41) is 0. The largest absolute Gasteiger partial charge is 0.454 e. The van der Waals surface area contributed by atoms with Crippen molar-refractivity contribution in [1.29, 1.82) is 0 Å². The SMILES string of the molecule is CC12CCC(C(O[C]=O)C1)C2(C)C. The van der Waals surface area contributed by atoms with Crippen LogP contribution in [0.2, 0.25) is 0 Å². The maximum atomic E-state index is 10.2. The molecule has 0 aromatic heterocycles. The zero-order chi connectivity index (χ0) is 9.69. The van der Waals surface area contributed by atoms with Crippen LogP contribution in [0.15, 0.2) is 0 Å². The van der Waals surface area contributed by atoms with E-state index in [4.69, 9.17) is 4.74 Å².